The second-order valence-corrected chi connectivity index (χ2v) is 6.14. The molecular formula is C20H28N2. The first-order chi connectivity index (χ1) is 10.7. The number of benzene rings is 2. The molecule has 0 heterocycles. The Kier molecular flexibility index (Phi) is 6.17. The zero-order chi connectivity index (χ0) is 15.9. The molecule has 0 aliphatic carbocycles. The molecule has 0 radical (unpaired) electrons. The highest BCUT2D eigenvalue weighted by Gasteiger charge is 2.16. The molecule has 118 valence electrons. The van der Waals surface area contributed by atoms with Crippen LogP contribution in [0.1, 0.15) is 47.9 Å². The molecule has 2 atom stereocenters. The van der Waals surface area contributed by atoms with Gasteiger partial charge in [-0.25, -0.2) is 0 Å². The molecule has 0 saturated carbocycles. The smallest absolute Gasteiger partial charge is 0.00367 e. The van der Waals surface area contributed by atoms with Crippen molar-refractivity contribution in [3.05, 3.63) is 70.8 Å². The van der Waals surface area contributed by atoms with Crippen molar-refractivity contribution < 1.29 is 0 Å². The lowest BCUT2D eigenvalue weighted by molar-refractivity contribution is 0.623. The van der Waals surface area contributed by atoms with Crippen LogP contribution in [0.15, 0.2) is 48.5 Å². The quantitative estimate of drug-likeness (QED) is 0.820. The fourth-order valence-electron chi connectivity index (χ4n) is 2.89. The summed E-state index contributed by atoms with van der Waals surface area (Å²) in [5.41, 5.74) is 16.6. The standard InChI is InChI=1S/C20H28N2/c1-15(19-7-3-17(4-8-19)11-13-21)16(2)20-9-5-18(6-10-20)12-14-22/h3-10,15-16H,11-14,21-22H2,1-2H3. The second kappa shape index (κ2) is 8.11. The number of rotatable bonds is 7. The van der Waals surface area contributed by atoms with Gasteiger partial charge in [0.05, 0.1) is 0 Å². The molecule has 2 aromatic rings. The second-order valence-electron chi connectivity index (χ2n) is 6.14. The lowest BCUT2D eigenvalue weighted by atomic mass is 9.83. The molecule has 2 nitrogen and oxygen atoms in total. The van der Waals surface area contributed by atoms with E-state index in [2.05, 4.69) is 62.4 Å². The van der Waals surface area contributed by atoms with Crippen molar-refractivity contribution in [2.75, 3.05) is 13.1 Å². The Bertz CT molecular complexity index is 504. The predicted molar refractivity (Wildman–Crippen MR) is 95.2 cm³/mol. The van der Waals surface area contributed by atoms with Crippen LogP contribution in [0.25, 0.3) is 0 Å². The van der Waals surface area contributed by atoms with Crippen LogP contribution < -0.4 is 11.5 Å². The first-order valence-electron chi connectivity index (χ1n) is 8.23. The number of hydrogen-bond acceptors (Lipinski definition) is 2. The van der Waals surface area contributed by atoms with Gasteiger partial charge >= 0.3 is 0 Å². The highest BCUT2D eigenvalue weighted by Crippen LogP contribution is 2.32. The maximum atomic E-state index is 5.61. The van der Waals surface area contributed by atoms with E-state index in [4.69, 9.17) is 11.5 Å². The van der Waals surface area contributed by atoms with Crippen molar-refractivity contribution in [2.24, 2.45) is 11.5 Å². The molecular weight excluding hydrogens is 268 g/mol. The van der Waals surface area contributed by atoms with Crippen molar-refractivity contribution in [3.8, 4) is 0 Å². The van der Waals surface area contributed by atoms with Crippen molar-refractivity contribution >= 4 is 0 Å². The highest BCUT2D eigenvalue weighted by molar-refractivity contribution is 5.31. The lowest BCUT2D eigenvalue weighted by Gasteiger charge is -2.21. The summed E-state index contributed by atoms with van der Waals surface area (Å²) in [5, 5.41) is 0. The molecule has 0 fully saturated rings. The van der Waals surface area contributed by atoms with Gasteiger partial charge in [-0.2, -0.15) is 0 Å². The largest absolute Gasteiger partial charge is 0.330 e. The Morgan fingerprint density at radius 2 is 0.955 bits per heavy atom. The monoisotopic (exact) mass is 296 g/mol. The van der Waals surface area contributed by atoms with E-state index in [1.54, 1.807) is 0 Å². The van der Waals surface area contributed by atoms with Crippen molar-refractivity contribution in [1.29, 1.82) is 0 Å². The zero-order valence-electron chi connectivity index (χ0n) is 13.8. The SMILES string of the molecule is CC(c1ccc(CCN)cc1)C(C)c1ccc(CCN)cc1. The minimum absolute atomic E-state index is 0.493. The van der Waals surface area contributed by atoms with Crippen LogP contribution >= 0.6 is 0 Å². The van der Waals surface area contributed by atoms with E-state index in [1.807, 2.05) is 0 Å². The first-order valence-corrected chi connectivity index (χ1v) is 8.23. The topological polar surface area (TPSA) is 52.0 Å². The molecule has 2 unspecified atom stereocenters. The lowest BCUT2D eigenvalue weighted by Crippen LogP contribution is -2.07. The number of hydrogen-bond donors (Lipinski definition) is 2. The van der Waals surface area contributed by atoms with Gasteiger partial charge in [0.15, 0.2) is 0 Å². The van der Waals surface area contributed by atoms with Gasteiger partial charge in [0, 0.05) is 0 Å². The Morgan fingerprint density at radius 1 is 0.636 bits per heavy atom. The van der Waals surface area contributed by atoms with Crippen LogP contribution in [0, 0.1) is 0 Å². The summed E-state index contributed by atoms with van der Waals surface area (Å²) in [7, 11) is 0. The van der Waals surface area contributed by atoms with Gasteiger partial charge in [0.25, 0.3) is 0 Å². The molecule has 2 aromatic carbocycles. The molecule has 2 heteroatoms. The van der Waals surface area contributed by atoms with Crippen LogP contribution in [0.5, 0.6) is 0 Å². The summed E-state index contributed by atoms with van der Waals surface area (Å²) < 4.78 is 0. The van der Waals surface area contributed by atoms with E-state index in [-0.39, 0.29) is 0 Å². The van der Waals surface area contributed by atoms with E-state index in [0.717, 1.165) is 12.8 Å². The van der Waals surface area contributed by atoms with Gasteiger partial charge in [-0.05, 0) is 60.0 Å². The molecule has 0 saturated heterocycles. The summed E-state index contributed by atoms with van der Waals surface area (Å²) in [6.45, 7) is 6.02. The molecule has 4 N–H and O–H groups in total. The molecule has 0 bridgehead atoms. The maximum absolute atomic E-state index is 5.61. The Morgan fingerprint density at radius 3 is 1.23 bits per heavy atom. The Hall–Kier alpha value is -1.64. The van der Waals surface area contributed by atoms with Gasteiger partial charge < -0.3 is 11.5 Å². The van der Waals surface area contributed by atoms with E-state index in [9.17, 15) is 0 Å². The molecule has 2 rings (SSSR count). The minimum Gasteiger partial charge on any atom is -0.330 e. The van der Waals surface area contributed by atoms with Gasteiger partial charge in [0.2, 0.25) is 0 Å². The van der Waals surface area contributed by atoms with Crippen LogP contribution in [0.3, 0.4) is 0 Å². The summed E-state index contributed by atoms with van der Waals surface area (Å²) in [4.78, 5) is 0. The zero-order valence-corrected chi connectivity index (χ0v) is 13.8. The molecule has 22 heavy (non-hydrogen) atoms. The van der Waals surface area contributed by atoms with Crippen molar-refractivity contribution in [3.63, 3.8) is 0 Å². The summed E-state index contributed by atoms with van der Waals surface area (Å²) in [6.07, 6.45) is 1.90. The fourth-order valence-corrected chi connectivity index (χ4v) is 2.89. The third-order valence-electron chi connectivity index (χ3n) is 4.63. The third kappa shape index (κ3) is 4.19. The molecule has 0 aromatic heterocycles. The van der Waals surface area contributed by atoms with Gasteiger partial charge in [-0.3, -0.25) is 0 Å². The van der Waals surface area contributed by atoms with Crippen LogP contribution in [0.2, 0.25) is 0 Å². The maximum Gasteiger partial charge on any atom is -0.00367 e. The third-order valence-corrected chi connectivity index (χ3v) is 4.63. The van der Waals surface area contributed by atoms with E-state index < -0.39 is 0 Å². The van der Waals surface area contributed by atoms with E-state index in [0.29, 0.717) is 24.9 Å². The predicted octanol–water partition coefficient (Wildman–Crippen LogP) is 3.60. The normalized spacial score (nSPS) is 13.8. The van der Waals surface area contributed by atoms with Crippen LogP contribution in [0.4, 0.5) is 0 Å². The molecule has 0 amide bonds. The van der Waals surface area contributed by atoms with Gasteiger partial charge in [-0.15, -0.1) is 0 Å². The molecule has 0 aliphatic heterocycles. The van der Waals surface area contributed by atoms with Crippen molar-refractivity contribution in [2.45, 2.75) is 38.5 Å². The Balaban J connectivity index is 2.08. The first kappa shape index (κ1) is 16.7. The fraction of sp³-hybridized carbons (Fsp3) is 0.400. The average Bonchev–Trinajstić information content (AvgIpc) is 2.55. The van der Waals surface area contributed by atoms with E-state index >= 15 is 0 Å². The summed E-state index contributed by atoms with van der Waals surface area (Å²) in [5.74, 6) is 0.986. The molecule has 0 spiro atoms. The minimum atomic E-state index is 0.493. The summed E-state index contributed by atoms with van der Waals surface area (Å²) in [6, 6.07) is 17.8. The Labute approximate surface area is 134 Å². The van der Waals surface area contributed by atoms with E-state index in [1.165, 1.54) is 22.3 Å². The van der Waals surface area contributed by atoms with Crippen LogP contribution in [-0.2, 0) is 12.8 Å². The average molecular weight is 296 g/mol. The van der Waals surface area contributed by atoms with Crippen molar-refractivity contribution in [1.82, 2.24) is 0 Å². The van der Waals surface area contributed by atoms with Crippen LogP contribution in [-0.4, -0.2) is 13.1 Å². The number of nitrogens with two attached hydrogens (primary N) is 2. The molecule has 0 aliphatic rings. The van der Waals surface area contributed by atoms with Gasteiger partial charge in [0.1, 0.15) is 0 Å². The summed E-state index contributed by atoms with van der Waals surface area (Å²) >= 11 is 0. The highest BCUT2D eigenvalue weighted by atomic mass is 14.5. The van der Waals surface area contributed by atoms with Gasteiger partial charge in [-0.1, -0.05) is 62.4 Å².